The lowest BCUT2D eigenvalue weighted by Gasteiger charge is -2.30. The highest BCUT2D eigenvalue weighted by atomic mass is 16.5. The van der Waals surface area contributed by atoms with Crippen LogP contribution in [0, 0.1) is 17.2 Å². The number of rotatable bonds is 8. The molecule has 1 amide bonds. The van der Waals surface area contributed by atoms with Gasteiger partial charge in [0.05, 0.1) is 31.1 Å². The van der Waals surface area contributed by atoms with Crippen molar-refractivity contribution in [2.45, 2.75) is 26.8 Å². The molecule has 160 valence electrons. The van der Waals surface area contributed by atoms with Gasteiger partial charge >= 0.3 is 0 Å². The van der Waals surface area contributed by atoms with Gasteiger partial charge in [0.1, 0.15) is 0 Å². The summed E-state index contributed by atoms with van der Waals surface area (Å²) in [6, 6.07) is 9.23. The number of hydrogen-bond acceptors (Lipinski definition) is 6. The molecule has 0 saturated carbocycles. The smallest absolute Gasteiger partial charge is 0.275 e. The van der Waals surface area contributed by atoms with Gasteiger partial charge in [-0.2, -0.15) is 10.4 Å². The van der Waals surface area contributed by atoms with Crippen LogP contribution in [0.5, 0.6) is 0 Å². The number of carbonyl (C=O) groups excluding carboxylic acids is 1. The molecular formula is C22H29N5O3. The van der Waals surface area contributed by atoms with Crippen molar-refractivity contribution in [1.82, 2.24) is 19.6 Å². The van der Waals surface area contributed by atoms with Crippen LogP contribution < -0.4 is 5.56 Å². The Labute approximate surface area is 176 Å². The summed E-state index contributed by atoms with van der Waals surface area (Å²) >= 11 is 0. The predicted octanol–water partition coefficient (Wildman–Crippen LogP) is 1.74. The molecule has 1 aliphatic heterocycles. The molecule has 0 bridgehead atoms. The fourth-order valence-corrected chi connectivity index (χ4v) is 3.60. The number of fused-ring (bicyclic) bond motifs is 1. The minimum Gasteiger partial charge on any atom is -0.379 e. The van der Waals surface area contributed by atoms with Crippen molar-refractivity contribution in [1.29, 1.82) is 5.26 Å². The van der Waals surface area contributed by atoms with Crippen LogP contribution in [0.15, 0.2) is 29.1 Å². The SMILES string of the molecule is CC(C)Cn1nc(C(=O)N(CCC#N)CCN2CCOCC2)c2ccccc2c1=O. The van der Waals surface area contributed by atoms with Crippen molar-refractivity contribution >= 4 is 16.7 Å². The molecule has 0 spiro atoms. The summed E-state index contributed by atoms with van der Waals surface area (Å²) in [5.74, 6) is -0.0254. The van der Waals surface area contributed by atoms with Crippen molar-refractivity contribution in [2.75, 3.05) is 45.9 Å². The van der Waals surface area contributed by atoms with Gasteiger partial charge < -0.3 is 9.64 Å². The molecule has 2 aromatic rings. The third kappa shape index (κ3) is 5.23. The predicted molar refractivity (Wildman–Crippen MR) is 114 cm³/mol. The van der Waals surface area contributed by atoms with Crippen molar-refractivity contribution in [3.05, 3.63) is 40.3 Å². The second-order valence-corrected chi connectivity index (χ2v) is 7.93. The first-order valence-electron chi connectivity index (χ1n) is 10.5. The second-order valence-electron chi connectivity index (χ2n) is 7.93. The average molecular weight is 412 g/mol. The van der Waals surface area contributed by atoms with Crippen LogP contribution >= 0.6 is 0 Å². The van der Waals surface area contributed by atoms with Crippen molar-refractivity contribution in [2.24, 2.45) is 5.92 Å². The summed E-state index contributed by atoms with van der Waals surface area (Å²) in [5, 5.41) is 14.6. The van der Waals surface area contributed by atoms with E-state index in [1.165, 1.54) is 4.68 Å². The first-order valence-corrected chi connectivity index (χ1v) is 10.5. The quantitative estimate of drug-likeness (QED) is 0.657. The molecule has 30 heavy (non-hydrogen) atoms. The number of aromatic nitrogens is 2. The van der Waals surface area contributed by atoms with E-state index in [9.17, 15) is 9.59 Å². The van der Waals surface area contributed by atoms with Crippen LogP contribution in [0.25, 0.3) is 10.8 Å². The summed E-state index contributed by atoms with van der Waals surface area (Å²) in [4.78, 5) is 30.2. The van der Waals surface area contributed by atoms with Gasteiger partial charge in [0.25, 0.3) is 11.5 Å². The van der Waals surface area contributed by atoms with Gasteiger partial charge in [-0.05, 0) is 12.0 Å². The largest absolute Gasteiger partial charge is 0.379 e. The van der Waals surface area contributed by atoms with Crippen molar-refractivity contribution in [3.8, 4) is 6.07 Å². The molecule has 2 heterocycles. The number of hydrogen-bond donors (Lipinski definition) is 0. The molecule has 0 unspecified atom stereocenters. The zero-order valence-corrected chi connectivity index (χ0v) is 17.7. The minimum atomic E-state index is -0.243. The molecule has 1 fully saturated rings. The maximum atomic E-state index is 13.5. The molecule has 0 radical (unpaired) electrons. The average Bonchev–Trinajstić information content (AvgIpc) is 2.76. The van der Waals surface area contributed by atoms with Crippen molar-refractivity contribution < 1.29 is 9.53 Å². The topological polar surface area (TPSA) is 91.5 Å². The monoisotopic (exact) mass is 411 g/mol. The number of amides is 1. The molecule has 1 aliphatic rings. The number of nitriles is 1. The van der Waals surface area contributed by atoms with E-state index in [4.69, 9.17) is 10.00 Å². The molecule has 1 aromatic heterocycles. The van der Waals surface area contributed by atoms with Gasteiger partial charge in [-0.25, -0.2) is 4.68 Å². The van der Waals surface area contributed by atoms with E-state index in [2.05, 4.69) is 16.1 Å². The molecular weight excluding hydrogens is 382 g/mol. The Morgan fingerprint density at radius 1 is 1.23 bits per heavy atom. The number of ether oxygens (including phenoxy) is 1. The fourth-order valence-electron chi connectivity index (χ4n) is 3.60. The summed E-state index contributed by atoms with van der Waals surface area (Å²) in [5.41, 5.74) is 0.0820. The number of benzene rings is 1. The van der Waals surface area contributed by atoms with Crippen LogP contribution in [0.2, 0.25) is 0 Å². The van der Waals surface area contributed by atoms with E-state index >= 15 is 0 Å². The molecule has 0 aliphatic carbocycles. The lowest BCUT2D eigenvalue weighted by atomic mass is 10.1. The van der Waals surface area contributed by atoms with Crippen LogP contribution in [0.4, 0.5) is 0 Å². The maximum Gasteiger partial charge on any atom is 0.275 e. The summed E-state index contributed by atoms with van der Waals surface area (Å²) in [6.45, 7) is 9.05. The van der Waals surface area contributed by atoms with Gasteiger partial charge in [0.15, 0.2) is 5.69 Å². The van der Waals surface area contributed by atoms with Gasteiger partial charge in [-0.1, -0.05) is 32.0 Å². The molecule has 1 aromatic carbocycles. The van der Waals surface area contributed by atoms with Crippen LogP contribution in [0.3, 0.4) is 0 Å². The summed E-state index contributed by atoms with van der Waals surface area (Å²) < 4.78 is 6.78. The zero-order valence-electron chi connectivity index (χ0n) is 17.7. The Morgan fingerprint density at radius 3 is 2.60 bits per heavy atom. The highest BCUT2D eigenvalue weighted by Crippen LogP contribution is 2.16. The van der Waals surface area contributed by atoms with Gasteiger partial charge in [0, 0.05) is 44.7 Å². The molecule has 8 heteroatoms. The minimum absolute atomic E-state index is 0.187. The van der Waals surface area contributed by atoms with Crippen LogP contribution in [0.1, 0.15) is 30.8 Å². The van der Waals surface area contributed by atoms with E-state index in [0.717, 1.165) is 13.1 Å². The Hall–Kier alpha value is -2.76. The third-order valence-electron chi connectivity index (χ3n) is 5.18. The van der Waals surface area contributed by atoms with E-state index in [-0.39, 0.29) is 29.5 Å². The molecule has 1 saturated heterocycles. The highest BCUT2D eigenvalue weighted by Gasteiger charge is 2.23. The Morgan fingerprint density at radius 2 is 1.93 bits per heavy atom. The first-order chi connectivity index (χ1) is 14.5. The molecule has 0 N–H and O–H groups in total. The normalized spacial score (nSPS) is 14.7. The Balaban J connectivity index is 1.93. The fraction of sp³-hybridized carbons (Fsp3) is 0.545. The van der Waals surface area contributed by atoms with Crippen molar-refractivity contribution in [3.63, 3.8) is 0 Å². The third-order valence-corrected chi connectivity index (χ3v) is 5.18. The van der Waals surface area contributed by atoms with Gasteiger partial charge in [-0.3, -0.25) is 14.5 Å². The van der Waals surface area contributed by atoms with Gasteiger partial charge in [-0.15, -0.1) is 0 Å². The van der Waals surface area contributed by atoms with Crippen LogP contribution in [-0.4, -0.2) is 71.4 Å². The van der Waals surface area contributed by atoms with E-state index < -0.39 is 0 Å². The number of nitrogens with zero attached hydrogens (tertiary/aromatic N) is 5. The van der Waals surface area contributed by atoms with Gasteiger partial charge in [0.2, 0.25) is 0 Å². The Kier molecular flexibility index (Phi) is 7.55. The molecule has 8 nitrogen and oxygen atoms in total. The van der Waals surface area contributed by atoms with E-state index in [1.54, 1.807) is 29.2 Å². The Bertz CT molecular complexity index is 973. The first kappa shape index (κ1) is 21.9. The lowest BCUT2D eigenvalue weighted by molar-refractivity contribution is 0.0325. The van der Waals surface area contributed by atoms with E-state index in [1.807, 2.05) is 13.8 Å². The number of morpholine rings is 1. The highest BCUT2D eigenvalue weighted by molar-refractivity contribution is 6.04. The second kappa shape index (κ2) is 10.3. The standard InChI is InChI=1S/C22H29N5O3/c1-17(2)16-27-21(28)19-7-4-3-6-18(19)20(24-27)22(29)26(9-5-8-23)11-10-25-12-14-30-15-13-25/h3-4,6-7,17H,5,9-16H2,1-2H3. The summed E-state index contributed by atoms with van der Waals surface area (Å²) in [6.07, 6.45) is 0.248. The molecule has 3 rings (SSSR count). The number of carbonyl (C=O) groups is 1. The lowest BCUT2D eigenvalue weighted by Crippen LogP contribution is -2.44. The summed E-state index contributed by atoms with van der Waals surface area (Å²) in [7, 11) is 0. The zero-order chi connectivity index (χ0) is 21.5. The van der Waals surface area contributed by atoms with E-state index in [0.29, 0.717) is 50.2 Å². The molecule has 0 atom stereocenters. The van der Waals surface area contributed by atoms with Crippen LogP contribution in [-0.2, 0) is 11.3 Å². The maximum absolute atomic E-state index is 13.5.